The van der Waals surface area contributed by atoms with Crippen LogP contribution in [0.3, 0.4) is 0 Å². The number of aryl methyl sites for hydroxylation is 1. The van der Waals surface area contributed by atoms with Gasteiger partial charge in [0.1, 0.15) is 6.10 Å². The Morgan fingerprint density at radius 3 is 2.44 bits per heavy atom. The van der Waals surface area contributed by atoms with E-state index < -0.39 is 6.10 Å². The average molecular weight is 221 g/mol. The largest absolute Gasteiger partial charge is 0.385 e. The Kier molecular flexibility index (Phi) is 4.62. The highest BCUT2D eigenvalue weighted by molar-refractivity contribution is 5.99. The molecule has 3 nitrogen and oxygen atoms in total. The van der Waals surface area contributed by atoms with Gasteiger partial charge in [-0.25, -0.2) is 0 Å². The number of hydrogen-bond acceptors (Lipinski definition) is 3. The van der Waals surface area contributed by atoms with Gasteiger partial charge < -0.3 is 5.11 Å². The third-order valence-electron chi connectivity index (χ3n) is 2.96. The number of aromatic nitrogens is 1. The Morgan fingerprint density at radius 1 is 1.38 bits per heavy atom. The van der Waals surface area contributed by atoms with E-state index in [4.69, 9.17) is 0 Å². The Hall–Kier alpha value is -1.22. The predicted molar refractivity (Wildman–Crippen MR) is 63.4 cm³/mol. The summed E-state index contributed by atoms with van der Waals surface area (Å²) in [4.78, 5) is 16.0. The van der Waals surface area contributed by atoms with Crippen LogP contribution in [0.25, 0.3) is 0 Å². The van der Waals surface area contributed by atoms with Crippen LogP contribution in [0.5, 0.6) is 0 Å². The van der Waals surface area contributed by atoms with E-state index in [2.05, 4.69) is 4.98 Å². The maximum atomic E-state index is 11.9. The SMILES string of the molecule is CCC(CC)C(O)C(=O)c1ccc(C)nc1. The minimum atomic E-state index is -0.903. The zero-order chi connectivity index (χ0) is 12.1. The minimum Gasteiger partial charge on any atom is -0.385 e. The topological polar surface area (TPSA) is 50.2 Å². The van der Waals surface area contributed by atoms with Crippen LogP contribution in [0.2, 0.25) is 0 Å². The molecule has 0 aliphatic rings. The molecule has 88 valence electrons. The van der Waals surface area contributed by atoms with E-state index in [1.807, 2.05) is 20.8 Å². The van der Waals surface area contributed by atoms with Gasteiger partial charge in [-0.05, 0) is 25.0 Å². The van der Waals surface area contributed by atoms with E-state index in [-0.39, 0.29) is 11.7 Å². The van der Waals surface area contributed by atoms with Gasteiger partial charge in [-0.3, -0.25) is 9.78 Å². The van der Waals surface area contributed by atoms with Crippen molar-refractivity contribution in [2.75, 3.05) is 0 Å². The Balaban J connectivity index is 2.81. The molecule has 0 saturated carbocycles. The van der Waals surface area contributed by atoms with Crippen molar-refractivity contribution in [3.8, 4) is 0 Å². The Labute approximate surface area is 96.5 Å². The normalized spacial score (nSPS) is 12.8. The maximum absolute atomic E-state index is 11.9. The highest BCUT2D eigenvalue weighted by atomic mass is 16.3. The number of nitrogens with zero attached hydrogens (tertiary/aromatic N) is 1. The van der Waals surface area contributed by atoms with Crippen LogP contribution in [0, 0.1) is 12.8 Å². The third kappa shape index (κ3) is 2.89. The van der Waals surface area contributed by atoms with Crippen LogP contribution in [0.15, 0.2) is 18.3 Å². The Bertz CT molecular complexity index is 341. The monoisotopic (exact) mass is 221 g/mol. The molecule has 1 aromatic rings. The first-order chi connectivity index (χ1) is 7.60. The lowest BCUT2D eigenvalue weighted by molar-refractivity contribution is 0.0587. The summed E-state index contributed by atoms with van der Waals surface area (Å²) in [5.74, 6) is -0.185. The van der Waals surface area contributed by atoms with Crippen LogP contribution < -0.4 is 0 Å². The molecule has 0 amide bonds. The van der Waals surface area contributed by atoms with Crippen molar-refractivity contribution >= 4 is 5.78 Å². The molecule has 1 rings (SSSR count). The summed E-state index contributed by atoms with van der Waals surface area (Å²) < 4.78 is 0. The quantitative estimate of drug-likeness (QED) is 0.776. The molecular weight excluding hydrogens is 202 g/mol. The fourth-order valence-electron chi connectivity index (χ4n) is 1.73. The number of pyridine rings is 1. The van der Waals surface area contributed by atoms with E-state index in [1.54, 1.807) is 12.1 Å². The van der Waals surface area contributed by atoms with Gasteiger partial charge >= 0.3 is 0 Å². The average Bonchev–Trinajstić information content (AvgIpc) is 2.30. The second kappa shape index (κ2) is 5.75. The third-order valence-corrected chi connectivity index (χ3v) is 2.96. The minimum absolute atomic E-state index is 0.0359. The number of aliphatic hydroxyl groups excluding tert-OH is 1. The van der Waals surface area contributed by atoms with Gasteiger partial charge in [0.15, 0.2) is 5.78 Å². The number of Topliss-reactive ketones (excluding diaryl/α,β-unsaturated/α-hetero) is 1. The summed E-state index contributed by atoms with van der Waals surface area (Å²) in [5, 5.41) is 9.92. The molecule has 3 heteroatoms. The van der Waals surface area contributed by atoms with E-state index >= 15 is 0 Å². The maximum Gasteiger partial charge on any atom is 0.193 e. The van der Waals surface area contributed by atoms with E-state index in [9.17, 15) is 9.90 Å². The van der Waals surface area contributed by atoms with Gasteiger partial charge in [0.2, 0.25) is 0 Å². The molecule has 16 heavy (non-hydrogen) atoms. The predicted octanol–water partition coefficient (Wildman–Crippen LogP) is 2.37. The molecule has 0 bridgehead atoms. The van der Waals surface area contributed by atoms with Crippen molar-refractivity contribution in [1.82, 2.24) is 4.98 Å². The molecule has 1 aromatic heterocycles. The summed E-state index contributed by atoms with van der Waals surface area (Å²) in [6.07, 6.45) is 2.24. The van der Waals surface area contributed by atoms with Gasteiger partial charge in [-0.2, -0.15) is 0 Å². The summed E-state index contributed by atoms with van der Waals surface area (Å²) in [6.45, 7) is 5.84. The number of ketones is 1. The lowest BCUT2D eigenvalue weighted by Gasteiger charge is -2.18. The number of aliphatic hydroxyl groups is 1. The molecule has 1 unspecified atom stereocenters. The lowest BCUT2D eigenvalue weighted by Crippen LogP contribution is -2.29. The van der Waals surface area contributed by atoms with E-state index in [0.717, 1.165) is 18.5 Å². The zero-order valence-corrected chi connectivity index (χ0v) is 10.1. The first kappa shape index (κ1) is 12.8. The van der Waals surface area contributed by atoms with E-state index in [1.165, 1.54) is 6.20 Å². The first-order valence-corrected chi connectivity index (χ1v) is 5.75. The molecule has 0 spiro atoms. The van der Waals surface area contributed by atoms with Crippen molar-refractivity contribution in [2.45, 2.75) is 39.7 Å². The number of hydrogen-bond donors (Lipinski definition) is 1. The van der Waals surface area contributed by atoms with Crippen LogP contribution in [-0.4, -0.2) is 22.0 Å². The molecule has 0 saturated heterocycles. The first-order valence-electron chi connectivity index (χ1n) is 5.75. The fourth-order valence-corrected chi connectivity index (χ4v) is 1.73. The van der Waals surface area contributed by atoms with Gasteiger partial charge in [0.25, 0.3) is 0 Å². The lowest BCUT2D eigenvalue weighted by atomic mass is 9.91. The smallest absolute Gasteiger partial charge is 0.193 e. The standard InChI is InChI=1S/C13H19NO2/c1-4-10(5-2)12(15)13(16)11-7-6-9(3)14-8-11/h6-8,10,12,15H,4-5H2,1-3H3. The Morgan fingerprint density at radius 2 is 2.00 bits per heavy atom. The molecule has 0 radical (unpaired) electrons. The second-order valence-electron chi connectivity index (χ2n) is 4.07. The molecule has 0 aliphatic heterocycles. The van der Waals surface area contributed by atoms with Crippen molar-refractivity contribution in [3.05, 3.63) is 29.6 Å². The molecular formula is C13H19NO2. The number of rotatable bonds is 5. The van der Waals surface area contributed by atoms with Gasteiger partial charge in [-0.15, -0.1) is 0 Å². The van der Waals surface area contributed by atoms with Crippen LogP contribution in [0.1, 0.15) is 42.7 Å². The van der Waals surface area contributed by atoms with Gasteiger partial charge in [0.05, 0.1) is 0 Å². The summed E-state index contributed by atoms with van der Waals surface area (Å²) >= 11 is 0. The number of carbonyl (C=O) groups is 1. The molecule has 0 aliphatic carbocycles. The summed E-state index contributed by atoms with van der Waals surface area (Å²) in [5.41, 5.74) is 1.36. The molecule has 0 fully saturated rings. The van der Waals surface area contributed by atoms with Crippen molar-refractivity contribution in [3.63, 3.8) is 0 Å². The zero-order valence-electron chi connectivity index (χ0n) is 10.1. The van der Waals surface area contributed by atoms with Crippen molar-refractivity contribution in [1.29, 1.82) is 0 Å². The highest BCUT2D eigenvalue weighted by Crippen LogP contribution is 2.17. The molecule has 1 heterocycles. The summed E-state index contributed by atoms with van der Waals surface area (Å²) in [6, 6.07) is 3.50. The molecule has 1 atom stereocenters. The number of carbonyl (C=O) groups excluding carboxylic acids is 1. The van der Waals surface area contributed by atoms with Crippen molar-refractivity contribution < 1.29 is 9.90 Å². The van der Waals surface area contributed by atoms with Crippen LogP contribution in [0.4, 0.5) is 0 Å². The summed E-state index contributed by atoms with van der Waals surface area (Å²) in [7, 11) is 0. The molecule has 0 aromatic carbocycles. The van der Waals surface area contributed by atoms with Crippen molar-refractivity contribution in [2.24, 2.45) is 5.92 Å². The molecule has 1 N–H and O–H groups in total. The van der Waals surface area contributed by atoms with Crippen LogP contribution >= 0.6 is 0 Å². The van der Waals surface area contributed by atoms with Gasteiger partial charge in [0, 0.05) is 17.5 Å². The van der Waals surface area contributed by atoms with E-state index in [0.29, 0.717) is 5.56 Å². The fraction of sp³-hybridized carbons (Fsp3) is 0.538. The second-order valence-corrected chi connectivity index (χ2v) is 4.07. The van der Waals surface area contributed by atoms with Crippen LogP contribution in [-0.2, 0) is 0 Å². The van der Waals surface area contributed by atoms with Gasteiger partial charge in [-0.1, -0.05) is 26.7 Å². The highest BCUT2D eigenvalue weighted by Gasteiger charge is 2.24.